The highest BCUT2D eigenvalue weighted by Gasteiger charge is 2.48. The lowest BCUT2D eigenvalue weighted by molar-refractivity contribution is -0.145. The van der Waals surface area contributed by atoms with Crippen molar-refractivity contribution in [1.82, 2.24) is 15.5 Å². The van der Waals surface area contributed by atoms with Gasteiger partial charge in [-0.1, -0.05) is 37.3 Å². The molecule has 1 aromatic rings. The van der Waals surface area contributed by atoms with Gasteiger partial charge in [0.15, 0.2) is 0 Å². The van der Waals surface area contributed by atoms with E-state index < -0.39 is 53.9 Å². The molecule has 1 fully saturated rings. The number of hydrogen-bond donors (Lipinski definition) is 3. The van der Waals surface area contributed by atoms with E-state index in [0.717, 1.165) is 0 Å². The first-order chi connectivity index (χ1) is 17.3. The Morgan fingerprint density at radius 3 is 2.27 bits per heavy atom. The lowest BCUT2D eigenvalue weighted by atomic mass is 10.0. The summed E-state index contributed by atoms with van der Waals surface area (Å²) in [5, 5.41) is 5.17. The van der Waals surface area contributed by atoms with Crippen molar-refractivity contribution in [2.24, 2.45) is 11.7 Å². The quantitative estimate of drug-likeness (QED) is 0.356. The van der Waals surface area contributed by atoms with Gasteiger partial charge in [0.25, 0.3) is 0 Å². The summed E-state index contributed by atoms with van der Waals surface area (Å²) in [7, 11) is 0. The summed E-state index contributed by atoms with van der Waals surface area (Å²) in [6, 6.07) is 6.00. The molecule has 204 valence electrons. The van der Waals surface area contributed by atoms with Crippen LogP contribution < -0.4 is 16.4 Å². The number of esters is 1. The number of primary amides is 1. The molecule has 0 saturated heterocycles. The SMILES string of the molecule is CCOC(=O)CCNC(=O)C(c1ccccc1)N(C(=O)C(CC(N)=O)NC(=O)OC(C)(C)C)C1CC1C. The summed E-state index contributed by atoms with van der Waals surface area (Å²) in [6.07, 6.45) is -0.742. The number of amides is 4. The second-order valence-electron chi connectivity index (χ2n) is 10.1. The van der Waals surface area contributed by atoms with Crippen LogP contribution in [0.4, 0.5) is 4.79 Å². The maximum Gasteiger partial charge on any atom is 0.408 e. The van der Waals surface area contributed by atoms with Crippen molar-refractivity contribution in [2.45, 2.75) is 77.6 Å². The molecule has 4 unspecified atom stereocenters. The Hall–Kier alpha value is -3.63. The highest BCUT2D eigenvalue weighted by molar-refractivity contribution is 5.95. The van der Waals surface area contributed by atoms with Crippen LogP contribution in [0.25, 0.3) is 0 Å². The normalized spacial score (nSPS) is 18.1. The molecule has 4 amide bonds. The molecule has 0 aromatic heterocycles. The minimum absolute atomic E-state index is 0.0180. The van der Waals surface area contributed by atoms with Crippen LogP contribution in [0.5, 0.6) is 0 Å². The van der Waals surface area contributed by atoms with Gasteiger partial charge in [0.2, 0.25) is 17.7 Å². The van der Waals surface area contributed by atoms with Crippen molar-refractivity contribution in [2.75, 3.05) is 13.2 Å². The Morgan fingerprint density at radius 2 is 1.76 bits per heavy atom. The van der Waals surface area contributed by atoms with Gasteiger partial charge in [0.05, 0.1) is 19.4 Å². The Labute approximate surface area is 217 Å². The van der Waals surface area contributed by atoms with Crippen LogP contribution in [0.1, 0.15) is 65.5 Å². The fourth-order valence-corrected chi connectivity index (χ4v) is 3.89. The lowest BCUT2D eigenvalue weighted by Crippen LogP contribution is -2.55. The van der Waals surface area contributed by atoms with Crippen LogP contribution in [0.15, 0.2) is 30.3 Å². The monoisotopic (exact) mass is 518 g/mol. The molecule has 37 heavy (non-hydrogen) atoms. The summed E-state index contributed by atoms with van der Waals surface area (Å²) < 4.78 is 10.2. The van der Waals surface area contributed by atoms with Crippen molar-refractivity contribution in [3.8, 4) is 0 Å². The molecule has 1 saturated carbocycles. The number of hydrogen-bond acceptors (Lipinski definition) is 7. The van der Waals surface area contributed by atoms with E-state index in [-0.39, 0.29) is 31.5 Å². The fourth-order valence-electron chi connectivity index (χ4n) is 3.89. The Balaban J connectivity index is 2.38. The fraction of sp³-hybridized carbons (Fsp3) is 0.577. The van der Waals surface area contributed by atoms with Crippen molar-refractivity contribution in [1.29, 1.82) is 0 Å². The van der Waals surface area contributed by atoms with Gasteiger partial charge in [-0.3, -0.25) is 19.2 Å². The Morgan fingerprint density at radius 1 is 1.14 bits per heavy atom. The number of nitrogens with one attached hydrogen (secondary N) is 2. The zero-order valence-corrected chi connectivity index (χ0v) is 22.1. The van der Waals surface area contributed by atoms with E-state index in [0.29, 0.717) is 12.0 Å². The average molecular weight is 519 g/mol. The average Bonchev–Trinajstić information content (AvgIpc) is 3.51. The maximum absolute atomic E-state index is 13.9. The largest absolute Gasteiger partial charge is 0.466 e. The molecule has 0 heterocycles. The molecular weight excluding hydrogens is 480 g/mol. The molecule has 11 nitrogen and oxygen atoms in total. The van der Waals surface area contributed by atoms with Gasteiger partial charge in [0.1, 0.15) is 17.7 Å². The first-order valence-electron chi connectivity index (χ1n) is 12.4. The molecular formula is C26H38N4O7. The van der Waals surface area contributed by atoms with Gasteiger partial charge in [0, 0.05) is 12.6 Å². The molecule has 4 N–H and O–H groups in total. The molecule has 1 aliphatic carbocycles. The highest BCUT2D eigenvalue weighted by atomic mass is 16.6. The summed E-state index contributed by atoms with van der Waals surface area (Å²) >= 11 is 0. The standard InChI is InChI=1S/C26H38N4O7/c1-6-36-21(32)12-13-28-23(33)22(17-10-8-7-9-11-17)30(19-14-16(19)2)24(34)18(15-20(27)31)29-25(35)37-26(3,4)5/h7-11,16,18-19,22H,6,12-15H2,1-5H3,(H2,27,31)(H,28,33)(H,29,35). The van der Waals surface area contributed by atoms with E-state index in [1.165, 1.54) is 4.90 Å². The van der Waals surface area contributed by atoms with E-state index in [4.69, 9.17) is 15.2 Å². The smallest absolute Gasteiger partial charge is 0.408 e. The number of nitrogens with zero attached hydrogens (tertiary/aromatic N) is 1. The molecule has 2 rings (SSSR count). The van der Waals surface area contributed by atoms with Crippen LogP contribution in [0.2, 0.25) is 0 Å². The van der Waals surface area contributed by atoms with Crippen LogP contribution >= 0.6 is 0 Å². The summed E-state index contributed by atoms with van der Waals surface area (Å²) in [5.74, 6) is -2.29. The number of ether oxygens (including phenoxy) is 2. The Bertz CT molecular complexity index is 977. The van der Waals surface area contributed by atoms with Crippen molar-refractivity contribution >= 4 is 29.8 Å². The van der Waals surface area contributed by atoms with Gasteiger partial charge < -0.3 is 30.7 Å². The van der Waals surface area contributed by atoms with Crippen molar-refractivity contribution in [3.05, 3.63) is 35.9 Å². The molecule has 1 aliphatic rings. The molecule has 0 spiro atoms. The molecule has 0 bridgehead atoms. The van der Waals surface area contributed by atoms with Crippen molar-refractivity contribution < 1.29 is 33.4 Å². The molecule has 0 radical (unpaired) electrons. The Kier molecular flexibility index (Phi) is 10.5. The topological polar surface area (TPSA) is 157 Å². The van der Waals surface area contributed by atoms with Gasteiger partial charge in [-0.05, 0) is 45.6 Å². The third-order valence-corrected chi connectivity index (χ3v) is 5.65. The summed E-state index contributed by atoms with van der Waals surface area (Å²) in [6.45, 7) is 8.88. The third kappa shape index (κ3) is 9.40. The predicted octanol–water partition coefficient (Wildman–Crippen LogP) is 1.80. The molecule has 1 aromatic carbocycles. The number of alkyl carbamates (subject to hydrolysis) is 1. The minimum Gasteiger partial charge on any atom is -0.466 e. The number of nitrogens with two attached hydrogens (primary N) is 1. The maximum atomic E-state index is 13.9. The minimum atomic E-state index is -1.33. The van der Waals surface area contributed by atoms with Crippen molar-refractivity contribution in [3.63, 3.8) is 0 Å². The number of carbonyl (C=O) groups excluding carboxylic acids is 5. The lowest BCUT2D eigenvalue weighted by Gasteiger charge is -2.34. The van der Waals surface area contributed by atoms with Gasteiger partial charge in [-0.25, -0.2) is 4.79 Å². The second kappa shape index (κ2) is 13.1. The van der Waals surface area contributed by atoms with E-state index in [1.807, 2.05) is 6.92 Å². The first-order valence-corrected chi connectivity index (χ1v) is 12.4. The van der Waals surface area contributed by atoms with Gasteiger partial charge in [-0.15, -0.1) is 0 Å². The summed E-state index contributed by atoms with van der Waals surface area (Å²) in [5.41, 5.74) is 5.10. The number of benzene rings is 1. The van der Waals surface area contributed by atoms with Crippen LogP contribution in [-0.4, -0.2) is 65.5 Å². The zero-order chi connectivity index (χ0) is 27.8. The number of carbonyl (C=O) groups is 5. The van der Waals surface area contributed by atoms with E-state index in [2.05, 4.69) is 10.6 Å². The third-order valence-electron chi connectivity index (χ3n) is 5.65. The zero-order valence-electron chi connectivity index (χ0n) is 22.1. The molecule has 4 atom stereocenters. The predicted molar refractivity (Wildman–Crippen MR) is 135 cm³/mol. The van der Waals surface area contributed by atoms with E-state index >= 15 is 0 Å². The second-order valence-corrected chi connectivity index (χ2v) is 10.1. The van der Waals surface area contributed by atoms with E-state index in [1.54, 1.807) is 58.0 Å². The first kappa shape index (κ1) is 29.6. The highest BCUT2D eigenvalue weighted by Crippen LogP contribution is 2.40. The summed E-state index contributed by atoms with van der Waals surface area (Å²) in [4.78, 5) is 64.8. The number of rotatable bonds is 12. The van der Waals surface area contributed by atoms with E-state index in [9.17, 15) is 24.0 Å². The molecule has 11 heteroatoms. The van der Waals surface area contributed by atoms with Gasteiger partial charge >= 0.3 is 12.1 Å². The van der Waals surface area contributed by atoms with Crippen LogP contribution in [-0.2, 0) is 28.7 Å². The van der Waals surface area contributed by atoms with Gasteiger partial charge in [-0.2, -0.15) is 0 Å². The van der Waals surface area contributed by atoms with Crippen LogP contribution in [0.3, 0.4) is 0 Å². The van der Waals surface area contributed by atoms with Crippen LogP contribution in [0, 0.1) is 5.92 Å². The molecule has 0 aliphatic heterocycles.